The number of aromatic nitrogens is 1. The molecule has 1 atom stereocenters. The smallest absolute Gasteiger partial charge is 0.0318 e. The van der Waals surface area contributed by atoms with Crippen LogP contribution in [0.2, 0.25) is 0 Å². The summed E-state index contributed by atoms with van der Waals surface area (Å²) in [5.41, 5.74) is 8.74. The van der Waals surface area contributed by atoms with Gasteiger partial charge in [-0.05, 0) is 36.5 Å². The number of hydrogen-bond acceptors (Lipinski definition) is 2. The van der Waals surface area contributed by atoms with E-state index in [0.29, 0.717) is 0 Å². The van der Waals surface area contributed by atoms with Crippen molar-refractivity contribution in [2.45, 2.75) is 45.1 Å². The second-order valence-electron chi connectivity index (χ2n) is 4.72. The largest absolute Gasteiger partial charge is 0.324 e. The predicted octanol–water partition coefficient (Wildman–Crippen LogP) is 2.97. The normalized spacial score (nSPS) is 19.3. The molecular weight excluding hydrogens is 184 g/mol. The van der Waals surface area contributed by atoms with Gasteiger partial charge >= 0.3 is 0 Å². The fourth-order valence-corrected chi connectivity index (χ4v) is 2.60. The SMILES string of the molecule is Cc1ccncc1C(N)CC1CCCC1. The van der Waals surface area contributed by atoms with Crippen molar-refractivity contribution < 1.29 is 0 Å². The lowest BCUT2D eigenvalue weighted by molar-refractivity contribution is 0.449. The molecule has 1 aliphatic carbocycles. The minimum atomic E-state index is 0.182. The fourth-order valence-electron chi connectivity index (χ4n) is 2.60. The molecule has 2 rings (SSSR count). The summed E-state index contributed by atoms with van der Waals surface area (Å²) in [4.78, 5) is 4.16. The van der Waals surface area contributed by atoms with Crippen molar-refractivity contribution in [3.05, 3.63) is 29.6 Å². The molecule has 0 aromatic carbocycles. The first kappa shape index (κ1) is 10.6. The molecule has 0 spiro atoms. The number of nitrogens with two attached hydrogens (primary N) is 1. The Balaban J connectivity index is 2.00. The van der Waals surface area contributed by atoms with E-state index in [1.807, 2.05) is 18.5 Å². The Labute approximate surface area is 91.9 Å². The summed E-state index contributed by atoms with van der Waals surface area (Å²) < 4.78 is 0. The van der Waals surface area contributed by atoms with Gasteiger partial charge in [-0.3, -0.25) is 4.98 Å². The summed E-state index contributed by atoms with van der Waals surface area (Å²) in [6.45, 7) is 2.12. The van der Waals surface area contributed by atoms with Crippen LogP contribution in [0.1, 0.15) is 49.3 Å². The summed E-state index contributed by atoms with van der Waals surface area (Å²) in [6.07, 6.45) is 10.4. The van der Waals surface area contributed by atoms with E-state index in [4.69, 9.17) is 5.73 Å². The van der Waals surface area contributed by atoms with Gasteiger partial charge in [0.2, 0.25) is 0 Å². The van der Waals surface area contributed by atoms with Crippen LogP contribution in [0, 0.1) is 12.8 Å². The molecule has 1 saturated carbocycles. The Morgan fingerprint density at radius 3 is 2.87 bits per heavy atom. The maximum Gasteiger partial charge on any atom is 0.0318 e. The molecule has 2 nitrogen and oxygen atoms in total. The van der Waals surface area contributed by atoms with Crippen LogP contribution in [0.15, 0.2) is 18.5 Å². The Morgan fingerprint density at radius 2 is 2.20 bits per heavy atom. The predicted molar refractivity (Wildman–Crippen MR) is 62.5 cm³/mol. The lowest BCUT2D eigenvalue weighted by Gasteiger charge is -2.17. The van der Waals surface area contributed by atoms with Crippen LogP contribution in [0.4, 0.5) is 0 Å². The van der Waals surface area contributed by atoms with E-state index in [2.05, 4.69) is 11.9 Å². The molecule has 1 fully saturated rings. The van der Waals surface area contributed by atoms with Crippen LogP contribution in [0.25, 0.3) is 0 Å². The van der Waals surface area contributed by atoms with Gasteiger partial charge in [0.15, 0.2) is 0 Å². The highest BCUT2D eigenvalue weighted by Gasteiger charge is 2.19. The van der Waals surface area contributed by atoms with Crippen molar-refractivity contribution in [3.8, 4) is 0 Å². The van der Waals surface area contributed by atoms with E-state index >= 15 is 0 Å². The van der Waals surface area contributed by atoms with Gasteiger partial charge in [-0.25, -0.2) is 0 Å². The average molecular weight is 204 g/mol. The summed E-state index contributed by atoms with van der Waals surface area (Å²) in [7, 11) is 0. The van der Waals surface area contributed by atoms with E-state index in [-0.39, 0.29) is 6.04 Å². The Kier molecular flexibility index (Phi) is 3.37. The molecule has 1 aliphatic rings. The van der Waals surface area contributed by atoms with Crippen LogP contribution in [0.3, 0.4) is 0 Å². The van der Waals surface area contributed by atoms with Gasteiger partial charge in [-0.1, -0.05) is 25.7 Å². The standard InChI is InChI=1S/C13H20N2/c1-10-6-7-15-9-12(10)13(14)8-11-4-2-3-5-11/h6-7,9,11,13H,2-5,8,14H2,1H3. The molecule has 0 saturated heterocycles. The van der Waals surface area contributed by atoms with Gasteiger partial charge in [0.25, 0.3) is 0 Å². The van der Waals surface area contributed by atoms with Crippen LogP contribution in [0.5, 0.6) is 0 Å². The second kappa shape index (κ2) is 4.75. The summed E-state index contributed by atoms with van der Waals surface area (Å²) >= 11 is 0. The van der Waals surface area contributed by atoms with E-state index in [0.717, 1.165) is 12.3 Å². The zero-order chi connectivity index (χ0) is 10.7. The zero-order valence-corrected chi connectivity index (χ0v) is 9.45. The highest BCUT2D eigenvalue weighted by Crippen LogP contribution is 2.32. The monoisotopic (exact) mass is 204 g/mol. The van der Waals surface area contributed by atoms with Crippen LogP contribution in [-0.2, 0) is 0 Å². The van der Waals surface area contributed by atoms with Gasteiger partial charge in [-0.15, -0.1) is 0 Å². The number of pyridine rings is 1. The van der Waals surface area contributed by atoms with Crippen LogP contribution >= 0.6 is 0 Å². The molecule has 1 aromatic rings. The molecular formula is C13H20N2. The van der Waals surface area contributed by atoms with Crippen molar-refractivity contribution in [2.75, 3.05) is 0 Å². The molecule has 2 N–H and O–H groups in total. The van der Waals surface area contributed by atoms with Crippen LogP contribution < -0.4 is 5.73 Å². The first-order valence-electron chi connectivity index (χ1n) is 5.93. The third kappa shape index (κ3) is 2.57. The first-order valence-corrected chi connectivity index (χ1v) is 5.93. The minimum absolute atomic E-state index is 0.182. The van der Waals surface area contributed by atoms with E-state index in [1.54, 1.807) is 0 Å². The zero-order valence-electron chi connectivity index (χ0n) is 9.45. The fraction of sp³-hybridized carbons (Fsp3) is 0.615. The highest BCUT2D eigenvalue weighted by atomic mass is 14.7. The van der Waals surface area contributed by atoms with E-state index in [9.17, 15) is 0 Å². The van der Waals surface area contributed by atoms with Crippen LogP contribution in [-0.4, -0.2) is 4.98 Å². The third-order valence-corrected chi connectivity index (χ3v) is 3.54. The molecule has 0 aliphatic heterocycles. The molecule has 0 bridgehead atoms. The third-order valence-electron chi connectivity index (χ3n) is 3.54. The lowest BCUT2D eigenvalue weighted by atomic mass is 9.93. The molecule has 0 amide bonds. The van der Waals surface area contributed by atoms with Crippen molar-refractivity contribution in [2.24, 2.45) is 11.7 Å². The molecule has 2 heteroatoms. The molecule has 82 valence electrons. The maximum atomic E-state index is 6.24. The Hall–Kier alpha value is -0.890. The molecule has 1 aromatic heterocycles. The lowest BCUT2D eigenvalue weighted by Crippen LogP contribution is -2.15. The van der Waals surface area contributed by atoms with Gasteiger partial charge in [-0.2, -0.15) is 0 Å². The molecule has 1 heterocycles. The first-order chi connectivity index (χ1) is 7.27. The topological polar surface area (TPSA) is 38.9 Å². The van der Waals surface area contributed by atoms with Crippen molar-refractivity contribution in [3.63, 3.8) is 0 Å². The number of nitrogens with zero attached hydrogens (tertiary/aromatic N) is 1. The second-order valence-corrected chi connectivity index (χ2v) is 4.72. The molecule has 1 unspecified atom stereocenters. The Morgan fingerprint density at radius 1 is 1.47 bits per heavy atom. The van der Waals surface area contributed by atoms with Gasteiger partial charge in [0.1, 0.15) is 0 Å². The highest BCUT2D eigenvalue weighted by molar-refractivity contribution is 5.24. The quantitative estimate of drug-likeness (QED) is 0.822. The average Bonchev–Trinajstić information content (AvgIpc) is 2.71. The molecule has 0 radical (unpaired) electrons. The summed E-state index contributed by atoms with van der Waals surface area (Å²) in [6, 6.07) is 2.23. The van der Waals surface area contributed by atoms with E-state index in [1.165, 1.54) is 36.8 Å². The summed E-state index contributed by atoms with van der Waals surface area (Å²) in [5.74, 6) is 0.847. The maximum absolute atomic E-state index is 6.24. The minimum Gasteiger partial charge on any atom is -0.324 e. The number of hydrogen-bond donors (Lipinski definition) is 1. The van der Waals surface area contributed by atoms with Gasteiger partial charge < -0.3 is 5.73 Å². The van der Waals surface area contributed by atoms with Crippen molar-refractivity contribution >= 4 is 0 Å². The van der Waals surface area contributed by atoms with Gasteiger partial charge in [0.05, 0.1) is 0 Å². The van der Waals surface area contributed by atoms with Crippen molar-refractivity contribution in [1.82, 2.24) is 4.98 Å². The Bertz CT molecular complexity index is 316. The van der Waals surface area contributed by atoms with Crippen molar-refractivity contribution in [1.29, 1.82) is 0 Å². The number of aryl methyl sites for hydroxylation is 1. The van der Waals surface area contributed by atoms with Gasteiger partial charge in [0, 0.05) is 18.4 Å². The summed E-state index contributed by atoms with van der Waals surface area (Å²) in [5, 5.41) is 0. The molecule has 15 heavy (non-hydrogen) atoms. The number of rotatable bonds is 3. The van der Waals surface area contributed by atoms with E-state index < -0.39 is 0 Å².